The molecule has 3 rings (SSSR count). The first-order valence-corrected chi connectivity index (χ1v) is 8.49. The molecule has 2 aromatic heterocycles. The second kappa shape index (κ2) is 6.68. The van der Waals surface area contributed by atoms with Crippen molar-refractivity contribution < 1.29 is 4.52 Å². The van der Waals surface area contributed by atoms with E-state index in [1.807, 2.05) is 16.8 Å². The Labute approximate surface area is 129 Å². The molecule has 1 aliphatic rings. The largest absolute Gasteiger partial charge is 0.338 e. The molecule has 1 unspecified atom stereocenters. The summed E-state index contributed by atoms with van der Waals surface area (Å²) in [6, 6.07) is 3.07. The van der Waals surface area contributed by atoms with E-state index in [1.165, 1.54) is 12.8 Å². The highest BCUT2D eigenvalue weighted by Gasteiger charge is 2.21. The van der Waals surface area contributed by atoms with Crippen LogP contribution in [0.5, 0.6) is 0 Å². The molecule has 114 valence electrons. The van der Waals surface area contributed by atoms with Crippen LogP contribution in [-0.2, 0) is 6.54 Å². The van der Waals surface area contributed by atoms with Crippen molar-refractivity contribution >= 4 is 11.3 Å². The van der Waals surface area contributed by atoms with E-state index in [1.54, 1.807) is 11.3 Å². The zero-order chi connectivity index (χ0) is 14.7. The van der Waals surface area contributed by atoms with Crippen LogP contribution in [0.1, 0.15) is 32.6 Å². The second-order valence-electron chi connectivity index (χ2n) is 5.84. The van der Waals surface area contributed by atoms with Crippen molar-refractivity contribution in [1.29, 1.82) is 0 Å². The number of aromatic nitrogens is 2. The topological polar surface area (TPSA) is 54.2 Å². The predicted molar refractivity (Wildman–Crippen MR) is 84.2 cm³/mol. The lowest BCUT2D eigenvalue weighted by Gasteiger charge is -2.27. The van der Waals surface area contributed by atoms with Gasteiger partial charge in [-0.05, 0) is 44.7 Å². The van der Waals surface area contributed by atoms with Crippen LogP contribution in [0.4, 0.5) is 0 Å². The molecular weight excluding hydrogens is 284 g/mol. The summed E-state index contributed by atoms with van der Waals surface area (Å²) in [5.74, 6) is 1.39. The first-order chi connectivity index (χ1) is 10.2. The van der Waals surface area contributed by atoms with Crippen LogP contribution in [-0.4, -0.2) is 40.2 Å². The zero-order valence-corrected chi connectivity index (χ0v) is 13.4. The summed E-state index contributed by atoms with van der Waals surface area (Å²) < 4.78 is 5.42. The maximum Gasteiger partial charge on any atom is 0.241 e. The predicted octanol–water partition coefficient (Wildman–Crippen LogP) is 2.76. The van der Waals surface area contributed by atoms with E-state index in [0.717, 1.165) is 18.7 Å². The van der Waals surface area contributed by atoms with Crippen LogP contribution in [0.3, 0.4) is 0 Å². The number of hydrogen-bond donors (Lipinski definition) is 1. The molecule has 6 heteroatoms. The molecule has 1 aliphatic heterocycles. The molecular formula is C15H22N4OS. The van der Waals surface area contributed by atoms with Crippen molar-refractivity contribution in [3.05, 3.63) is 22.7 Å². The van der Waals surface area contributed by atoms with Gasteiger partial charge in [-0.25, -0.2) is 0 Å². The lowest BCUT2D eigenvalue weighted by molar-refractivity contribution is 0.170. The van der Waals surface area contributed by atoms with Gasteiger partial charge < -0.3 is 9.84 Å². The molecule has 21 heavy (non-hydrogen) atoms. The van der Waals surface area contributed by atoms with E-state index < -0.39 is 0 Å². The Balaban J connectivity index is 1.65. The van der Waals surface area contributed by atoms with Gasteiger partial charge in [-0.2, -0.15) is 16.3 Å². The smallest absolute Gasteiger partial charge is 0.241 e. The lowest BCUT2D eigenvalue weighted by Crippen LogP contribution is -2.40. The SMILES string of the molecule is CC(C)N(Cc1nc(-c2ccsc2)no1)CC1CCCN1. The van der Waals surface area contributed by atoms with Crippen LogP contribution in [0.2, 0.25) is 0 Å². The van der Waals surface area contributed by atoms with Crippen LogP contribution >= 0.6 is 11.3 Å². The van der Waals surface area contributed by atoms with E-state index in [4.69, 9.17) is 4.52 Å². The Hall–Kier alpha value is -1.24. The minimum atomic E-state index is 0.462. The fourth-order valence-corrected chi connectivity index (χ4v) is 3.29. The maximum atomic E-state index is 5.42. The molecule has 0 spiro atoms. The molecule has 0 amide bonds. The number of rotatable bonds is 6. The van der Waals surface area contributed by atoms with Gasteiger partial charge in [0.2, 0.25) is 11.7 Å². The number of hydrogen-bond acceptors (Lipinski definition) is 6. The van der Waals surface area contributed by atoms with Crippen molar-refractivity contribution in [2.24, 2.45) is 0 Å². The molecule has 1 saturated heterocycles. The minimum Gasteiger partial charge on any atom is -0.338 e. The summed E-state index contributed by atoms with van der Waals surface area (Å²) in [6.45, 7) is 7.32. The maximum absolute atomic E-state index is 5.42. The highest BCUT2D eigenvalue weighted by Crippen LogP contribution is 2.20. The molecule has 3 heterocycles. The summed E-state index contributed by atoms with van der Waals surface area (Å²) in [7, 11) is 0. The van der Waals surface area contributed by atoms with E-state index in [9.17, 15) is 0 Å². The third kappa shape index (κ3) is 3.70. The molecule has 5 nitrogen and oxygen atoms in total. The Morgan fingerprint density at radius 2 is 2.43 bits per heavy atom. The van der Waals surface area contributed by atoms with Gasteiger partial charge in [0.15, 0.2) is 0 Å². The van der Waals surface area contributed by atoms with Gasteiger partial charge in [-0.15, -0.1) is 0 Å². The van der Waals surface area contributed by atoms with Gasteiger partial charge in [0, 0.05) is 29.6 Å². The van der Waals surface area contributed by atoms with Crippen molar-refractivity contribution in [3.8, 4) is 11.4 Å². The molecule has 2 aromatic rings. The molecule has 0 aliphatic carbocycles. The number of nitrogens with one attached hydrogen (secondary N) is 1. The number of thiophene rings is 1. The molecule has 0 aromatic carbocycles. The van der Waals surface area contributed by atoms with Crippen molar-refractivity contribution in [3.63, 3.8) is 0 Å². The van der Waals surface area contributed by atoms with E-state index in [2.05, 4.69) is 34.2 Å². The molecule has 1 atom stereocenters. The van der Waals surface area contributed by atoms with E-state index >= 15 is 0 Å². The van der Waals surface area contributed by atoms with Crippen LogP contribution in [0.15, 0.2) is 21.3 Å². The molecule has 1 N–H and O–H groups in total. The molecule has 0 bridgehead atoms. The second-order valence-corrected chi connectivity index (χ2v) is 6.62. The normalized spacial score (nSPS) is 19.0. The van der Waals surface area contributed by atoms with Gasteiger partial charge in [0.05, 0.1) is 6.54 Å². The van der Waals surface area contributed by atoms with Crippen molar-refractivity contribution in [1.82, 2.24) is 20.4 Å². The summed E-state index contributed by atoms with van der Waals surface area (Å²) in [5.41, 5.74) is 1.03. The van der Waals surface area contributed by atoms with Gasteiger partial charge in [0.1, 0.15) is 0 Å². The third-order valence-corrected chi connectivity index (χ3v) is 4.62. The highest BCUT2D eigenvalue weighted by atomic mass is 32.1. The quantitative estimate of drug-likeness (QED) is 0.889. The minimum absolute atomic E-state index is 0.462. The Morgan fingerprint density at radius 3 is 3.10 bits per heavy atom. The van der Waals surface area contributed by atoms with Gasteiger partial charge >= 0.3 is 0 Å². The molecule has 0 radical (unpaired) electrons. The average molecular weight is 306 g/mol. The van der Waals surface area contributed by atoms with E-state index in [0.29, 0.717) is 30.3 Å². The van der Waals surface area contributed by atoms with E-state index in [-0.39, 0.29) is 0 Å². The van der Waals surface area contributed by atoms with Gasteiger partial charge in [-0.3, -0.25) is 4.90 Å². The Morgan fingerprint density at radius 1 is 1.52 bits per heavy atom. The Kier molecular flexibility index (Phi) is 4.67. The van der Waals surface area contributed by atoms with Gasteiger partial charge in [-0.1, -0.05) is 5.16 Å². The summed E-state index contributed by atoms with van der Waals surface area (Å²) in [6.07, 6.45) is 2.53. The first-order valence-electron chi connectivity index (χ1n) is 7.55. The summed E-state index contributed by atoms with van der Waals surface area (Å²) >= 11 is 1.64. The summed E-state index contributed by atoms with van der Waals surface area (Å²) in [5, 5.41) is 11.7. The fraction of sp³-hybridized carbons (Fsp3) is 0.600. The van der Waals surface area contributed by atoms with Crippen molar-refractivity contribution in [2.75, 3.05) is 13.1 Å². The van der Waals surface area contributed by atoms with Gasteiger partial charge in [0.25, 0.3) is 0 Å². The first kappa shape index (κ1) is 14.7. The Bertz CT molecular complexity index is 546. The van der Waals surface area contributed by atoms with Crippen molar-refractivity contribution in [2.45, 2.75) is 45.3 Å². The van der Waals surface area contributed by atoms with Crippen LogP contribution in [0, 0.1) is 0 Å². The monoisotopic (exact) mass is 306 g/mol. The third-order valence-electron chi connectivity index (χ3n) is 3.93. The standard InChI is InChI=1S/C15H22N4OS/c1-11(2)19(8-13-4-3-6-16-13)9-14-17-15(18-20-14)12-5-7-21-10-12/h5,7,10-11,13,16H,3-4,6,8-9H2,1-2H3. The fourth-order valence-electron chi connectivity index (χ4n) is 2.66. The molecule has 1 fully saturated rings. The summed E-state index contributed by atoms with van der Waals surface area (Å²) in [4.78, 5) is 6.91. The molecule has 0 saturated carbocycles. The average Bonchev–Trinajstić information content (AvgIpc) is 3.20. The number of nitrogens with zero attached hydrogens (tertiary/aromatic N) is 3. The van der Waals surface area contributed by atoms with Crippen LogP contribution < -0.4 is 5.32 Å². The highest BCUT2D eigenvalue weighted by molar-refractivity contribution is 7.08. The zero-order valence-electron chi connectivity index (χ0n) is 12.6. The lowest BCUT2D eigenvalue weighted by atomic mass is 10.2. The van der Waals surface area contributed by atoms with Crippen LogP contribution in [0.25, 0.3) is 11.4 Å².